The Labute approximate surface area is 120 Å². The van der Waals surface area contributed by atoms with Gasteiger partial charge in [0.15, 0.2) is 0 Å². The molecular formula is C13H17BrN2O3. The Hall–Kier alpha value is -1.43. The third-order valence-electron chi connectivity index (χ3n) is 2.41. The number of aliphatic carboxylic acids is 1. The zero-order chi connectivity index (χ0) is 14.4. The van der Waals surface area contributed by atoms with E-state index < -0.39 is 5.97 Å². The third-order valence-corrected chi connectivity index (χ3v) is 2.88. The minimum Gasteiger partial charge on any atom is -0.481 e. The molecule has 0 radical (unpaired) electrons. The van der Waals surface area contributed by atoms with Crippen LogP contribution in [0.5, 0.6) is 0 Å². The van der Waals surface area contributed by atoms with Crippen molar-refractivity contribution in [3.05, 3.63) is 28.5 Å². The predicted molar refractivity (Wildman–Crippen MR) is 74.9 cm³/mol. The highest BCUT2D eigenvalue weighted by atomic mass is 79.9. The Morgan fingerprint density at radius 2 is 2.11 bits per heavy atom. The molecule has 1 aromatic heterocycles. The standard InChI is InChI=1S/C13H17BrN2O3/c1-9(2)8-16(6-5-12(17)18)13(19)11-4-3-10(14)7-15-11/h3-4,7,9H,5-6,8H2,1-2H3,(H,17,18). The molecule has 0 fully saturated rings. The van der Waals surface area contributed by atoms with Gasteiger partial charge < -0.3 is 10.0 Å². The van der Waals surface area contributed by atoms with Crippen molar-refractivity contribution in [1.82, 2.24) is 9.88 Å². The summed E-state index contributed by atoms with van der Waals surface area (Å²) in [5.74, 6) is -0.874. The van der Waals surface area contributed by atoms with Crippen LogP contribution in [-0.2, 0) is 4.79 Å². The van der Waals surface area contributed by atoms with Crippen LogP contribution in [0.1, 0.15) is 30.8 Å². The van der Waals surface area contributed by atoms with Gasteiger partial charge in [0.1, 0.15) is 5.69 Å². The molecule has 0 aliphatic carbocycles. The summed E-state index contributed by atoms with van der Waals surface area (Å²) in [5, 5.41) is 8.73. The predicted octanol–water partition coefficient (Wildman–Crippen LogP) is 2.42. The summed E-state index contributed by atoms with van der Waals surface area (Å²) in [4.78, 5) is 28.5. The molecule has 1 rings (SSSR count). The number of halogens is 1. The van der Waals surface area contributed by atoms with Crippen molar-refractivity contribution in [2.45, 2.75) is 20.3 Å². The number of amides is 1. The van der Waals surface area contributed by atoms with Gasteiger partial charge in [-0.05, 0) is 34.0 Å². The normalized spacial score (nSPS) is 10.5. The minimum atomic E-state index is -0.912. The monoisotopic (exact) mass is 328 g/mol. The average molecular weight is 329 g/mol. The maximum atomic E-state index is 12.3. The summed E-state index contributed by atoms with van der Waals surface area (Å²) in [6.07, 6.45) is 1.49. The molecule has 19 heavy (non-hydrogen) atoms. The first-order valence-corrected chi connectivity index (χ1v) is 6.82. The lowest BCUT2D eigenvalue weighted by Gasteiger charge is -2.23. The molecule has 0 saturated carbocycles. The molecule has 0 atom stereocenters. The second-order valence-electron chi connectivity index (χ2n) is 4.65. The molecule has 1 heterocycles. The summed E-state index contributed by atoms with van der Waals surface area (Å²) in [7, 11) is 0. The lowest BCUT2D eigenvalue weighted by Crippen LogP contribution is -2.36. The van der Waals surface area contributed by atoms with Gasteiger partial charge in [-0.15, -0.1) is 0 Å². The number of hydrogen-bond donors (Lipinski definition) is 1. The van der Waals surface area contributed by atoms with Crippen molar-refractivity contribution >= 4 is 27.8 Å². The van der Waals surface area contributed by atoms with Crippen LogP contribution in [0.25, 0.3) is 0 Å². The third kappa shape index (κ3) is 5.38. The fraction of sp³-hybridized carbons (Fsp3) is 0.462. The molecule has 0 aromatic carbocycles. The Bertz CT molecular complexity index is 446. The van der Waals surface area contributed by atoms with Gasteiger partial charge in [0.2, 0.25) is 0 Å². The van der Waals surface area contributed by atoms with Crippen molar-refractivity contribution in [3.8, 4) is 0 Å². The summed E-state index contributed by atoms with van der Waals surface area (Å²) >= 11 is 3.26. The Kier molecular flexibility index (Phi) is 5.95. The molecule has 104 valence electrons. The molecule has 0 unspecified atom stereocenters. The van der Waals surface area contributed by atoms with Gasteiger partial charge in [-0.25, -0.2) is 4.98 Å². The molecular weight excluding hydrogens is 312 g/mol. The lowest BCUT2D eigenvalue weighted by molar-refractivity contribution is -0.137. The van der Waals surface area contributed by atoms with E-state index in [9.17, 15) is 9.59 Å². The van der Waals surface area contributed by atoms with Crippen molar-refractivity contribution in [1.29, 1.82) is 0 Å². The Morgan fingerprint density at radius 3 is 2.58 bits per heavy atom. The zero-order valence-corrected chi connectivity index (χ0v) is 12.6. The molecule has 0 aliphatic rings. The van der Waals surface area contributed by atoms with Crippen molar-refractivity contribution in [3.63, 3.8) is 0 Å². The molecule has 1 aromatic rings. The first-order valence-electron chi connectivity index (χ1n) is 6.02. The number of hydrogen-bond acceptors (Lipinski definition) is 3. The molecule has 6 heteroatoms. The fourth-order valence-corrected chi connectivity index (χ4v) is 1.85. The second-order valence-corrected chi connectivity index (χ2v) is 5.57. The second kappa shape index (κ2) is 7.23. The van der Waals surface area contributed by atoms with E-state index in [0.29, 0.717) is 12.2 Å². The van der Waals surface area contributed by atoms with E-state index in [1.54, 1.807) is 18.3 Å². The van der Waals surface area contributed by atoms with Gasteiger partial charge >= 0.3 is 5.97 Å². The van der Waals surface area contributed by atoms with Gasteiger partial charge in [0.25, 0.3) is 5.91 Å². The van der Waals surface area contributed by atoms with Gasteiger partial charge in [-0.3, -0.25) is 9.59 Å². The van der Waals surface area contributed by atoms with Gasteiger partial charge in [0, 0.05) is 23.8 Å². The summed E-state index contributed by atoms with van der Waals surface area (Å²) in [5.41, 5.74) is 0.328. The summed E-state index contributed by atoms with van der Waals surface area (Å²) in [6, 6.07) is 3.37. The maximum absolute atomic E-state index is 12.3. The number of carboxylic acid groups (broad SMARTS) is 1. The lowest BCUT2D eigenvalue weighted by atomic mass is 10.2. The average Bonchev–Trinajstić information content (AvgIpc) is 2.34. The number of carbonyl (C=O) groups excluding carboxylic acids is 1. The fourth-order valence-electron chi connectivity index (χ4n) is 1.61. The van der Waals surface area contributed by atoms with E-state index in [2.05, 4.69) is 20.9 Å². The number of carboxylic acids is 1. The van der Waals surface area contributed by atoms with Crippen LogP contribution in [-0.4, -0.2) is 40.0 Å². The molecule has 1 N–H and O–H groups in total. The zero-order valence-electron chi connectivity index (χ0n) is 11.0. The largest absolute Gasteiger partial charge is 0.481 e. The first-order chi connectivity index (χ1) is 8.90. The van der Waals surface area contributed by atoms with E-state index in [1.165, 1.54) is 4.90 Å². The Morgan fingerprint density at radius 1 is 1.42 bits per heavy atom. The highest BCUT2D eigenvalue weighted by Gasteiger charge is 2.18. The molecule has 0 bridgehead atoms. The number of rotatable bonds is 6. The maximum Gasteiger partial charge on any atom is 0.305 e. The Balaban J connectivity index is 2.80. The van der Waals surface area contributed by atoms with Crippen LogP contribution in [0.15, 0.2) is 22.8 Å². The van der Waals surface area contributed by atoms with E-state index in [1.807, 2.05) is 13.8 Å². The van der Waals surface area contributed by atoms with Crippen LogP contribution >= 0.6 is 15.9 Å². The first kappa shape index (κ1) is 15.6. The number of carbonyl (C=O) groups is 2. The van der Waals surface area contributed by atoms with E-state index in [0.717, 1.165) is 4.47 Å². The van der Waals surface area contributed by atoms with Crippen LogP contribution in [0.2, 0.25) is 0 Å². The molecule has 0 spiro atoms. The topological polar surface area (TPSA) is 70.5 Å². The van der Waals surface area contributed by atoms with E-state index in [-0.39, 0.29) is 24.8 Å². The van der Waals surface area contributed by atoms with Crippen molar-refractivity contribution in [2.24, 2.45) is 5.92 Å². The SMILES string of the molecule is CC(C)CN(CCC(=O)O)C(=O)c1ccc(Br)cn1. The van der Waals surface area contributed by atoms with Gasteiger partial charge in [-0.1, -0.05) is 13.8 Å². The summed E-state index contributed by atoms with van der Waals surface area (Å²) in [6.45, 7) is 4.68. The smallest absolute Gasteiger partial charge is 0.305 e. The molecule has 0 saturated heterocycles. The van der Waals surface area contributed by atoms with Crippen LogP contribution in [0.3, 0.4) is 0 Å². The van der Waals surface area contributed by atoms with Crippen LogP contribution < -0.4 is 0 Å². The van der Waals surface area contributed by atoms with E-state index >= 15 is 0 Å². The molecule has 0 aliphatic heterocycles. The number of nitrogens with zero attached hydrogens (tertiary/aromatic N) is 2. The number of aromatic nitrogens is 1. The van der Waals surface area contributed by atoms with Crippen LogP contribution in [0, 0.1) is 5.92 Å². The summed E-state index contributed by atoms with van der Waals surface area (Å²) < 4.78 is 0.796. The highest BCUT2D eigenvalue weighted by Crippen LogP contribution is 2.11. The van der Waals surface area contributed by atoms with Gasteiger partial charge in [0.05, 0.1) is 6.42 Å². The minimum absolute atomic E-state index is 0.0605. The van der Waals surface area contributed by atoms with Gasteiger partial charge in [-0.2, -0.15) is 0 Å². The number of pyridine rings is 1. The van der Waals surface area contributed by atoms with E-state index in [4.69, 9.17) is 5.11 Å². The highest BCUT2D eigenvalue weighted by molar-refractivity contribution is 9.10. The van der Waals surface area contributed by atoms with Crippen molar-refractivity contribution in [2.75, 3.05) is 13.1 Å². The molecule has 5 nitrogen and oxygen atoms in total. The quantitative estimate of drug-likeness (QED) is 0.870. The molecule has 1 amide bonds. The van der Waals surface area contributed by atoms with Crippen LogP contribution in [0.4, 0.5) is 0 Å². The van der Waals surface area contributed by atoms with Crippen molar-refractivity contribution < 1.29 is 14.7 Å².